The van der Waals surface area contributed by atoms with Gasteiger partial charge in [-0.05, 0) is 36.1 Å². The Balaban J connectivity index is 2.32. The molecule has 68 valence electrons. The Morgan fingerprint density at radius 1 is 1.54 bits per heavy atom. The number of hydrogen-bond donors (Lipinski definition) is 1. The zero-order valence-electron chi connectivity index (χ0n) is 7.09. The first-order valence-electron chi connectivity index (χ1n) is 4.29. The number of hydrogen-bond acceptors (Lipinski definition) is 1. The number of benzene rings is 1. The molecule has 2 nitrogen and oxygen atoms in total. The second-order valence-corrected chi connectivity index (χ2v) is 3.66. The number of carbonyl (C=O) groups is 1. The van der Waals surface area contributed by atoms with Crippen LogP contribution in [0.3, 0.4) is 0 Å². The summed E-state index contributed by atoms with van der Waals surface area (Å²) in [6, 6.07) is 6.02. The fourth-order valence-corrected chi connectivity index (χ4v) is 2.04. The van der Waals surface area contributed by atoms with Crippen LogP contribution in [-0.2, 0) is 11.2 Å². The predicted octanol–water partition coefficient (Wildman–Crippen LogP) is 2.07. The number of nitrogens with one attached hydrogen (secondary N) is 1. The van der Waals surface area contributed by atoms with Crippen molar-refractivity contribution in [1.29, 1.82) is 0 Å². The van der Waals surface area contributed by atoms with E-state index in [2.05, 4.69) is 5.32 Å². The van der Waals surface area contributed by atoms with Crippen LogP contribution in [0, 0.1) is 0 Å². The lowest BCUT2D eigenvalue weighted by Crippen LogP contribution is -2.16. The maximum atomic E-state index is 10.3. The summed E-state index contributed by atoms with van der Waals surface area (Å²) in [5.41, 5.74) is 2.46. The van der Waals surface area contributed by atoms with Crippen LogP contribution in [0.25, 0.3) is 0 Å². The lowest BCUT2D eigenvalue weighted by Gasteiger charge is -2.09. The van der Waals surface area contributed by atoms with Gasteiger partial charge < -0.3 is 5.32 Å². The lowest BCUT2D eigenvalue weighted by molar-refractivity contribution is -0.110. The van der Waals surface area contributed by atoms with Crippen molar-refractivity contribution >= 4 is 18.0 Å². The van der Waals surface area contributed by atoms with Gasteiger partial charge in [0.05, 0.1) is 6.04 Å². The van der Waals surface area contributed by atoms with Crippen LogP contribution in [0.2, 0.25) is 5.02 Å². The molecule has 0 bridgehead atoms. The minimum absolute atomic E-state index is 0.185. The van der Waals surface area contributed by atoms with Gasteiger partial charge in [0.25, 0.3) is 0 Å². The molecule has 1 atom stereocenters. The Morgan fingerprint density at radius 3 is 3.15 bits per heavy atom. The van der Waals surface area contributed by atoms with Crippen molar-refractivity contribution in [3.63, 3.8) is 0 Å². The molecule has 13 heavy (non-hydrogen) atoms. The van der Waals surface area contributed by atoms with Gasteiger partial charge in [0.1, 0.15) is 0 Å². The molecule has 1 unspecified atom stereocenters. The second kappa shape index (κ2) is 3.38. The van der Waals surface area contributed by atoms with Gasteiger partial charge >= 0.3 is 0 Å². The third kappa shape index (κ3) is 1.54. The Bertz CT molecular complexity index is 338. The van der Waals surface area contributed by atoms with E-state index < -0.39 is 0 Å². The van der Waals surface area contributed by atoms with Gasteiger partial charge in [-0.15, -0.1) is 0 Å². The molecule has 0 heterocycles. The van der Waals surface area contributed by atoms with Crippen molar-refractivity contribution in [2.75, 3.05) is 0 Å². The van der Waals surface area contributed by atoms with E-state index in [0.29, 0.717) is 0 Å². The summed E-state index contributed by atoms with van der Waals surface area (Å²) >= 11 is 5.86. The predicted molar refractivity (Wildman–Crippen MR) is 51.7 cm³/mol. The molecular weight excluding hydrogens is 186 g/mol. The molecule has 1 amide bonds. The summed E-state index contributed by atoms with van der Waals surface area (Å²) in [7, 11) is 0. The van der Waals surface area contributed by atoms with Crippen molar-refractivity contribution in [3.8, 4) is 0 Å². The zero-order chi connectivity index (χ0) is 9.26. The van der Waals surface area contributed by atoms with Crippen molar-refractivity contribution in [1.82, 2.24) is 5.32 Å². The van der Waals surface area contributed by atoms with Gasteiger partial charge in [-0.2, -0.15) is 0 Å². The summed E-state index contributed by atoms with van der Waals surface area (Å²) < 4.78 is 0. The minimum Gasteiger partial charge on any atom is -0.352 e. The maximum absolute atomic E-state index is 10.3. The van der Waals surface area contributed by atoms with Crippen molar-refractivity contribution in [2.24, 2.45) is 0 Å². The summed E-state index contributed by atoms with van der Waals surface area (Å²) in [4.78, 5) is 10.3. The second-order valence-electron chi connectivity index (χ2n) is 3.22. The van der Waals surface area contributed by atoms with Crippen LogP contribution in [0.1, 0.15) is 23.6 Å². The molecular formula is C10H10ClNO. The fourth-order valence-electron chi connectivity index (χ4n) is 1.84. The molecule has 0 fully saturated rings. The molecule has 0 spiro atoms. The van der Waals surface area contributed by atoms with Gasteiger partial charge in [0.2, 0.25) is 6.41 Å². The normalized spacial score (nSPS) is 19.6. The van der Waals surface area contributed by atoms with E-state index in [1.54, 1.807) is 0 Å². The number of aryl methyl sites for hydroxylation is 1. The van der Waals surface area contributed by atoms with Crippen molar-refractivity contribution < 1.29 is 4.79 Å². The van der Waals surface area contributed by atoms with Crippen LogP contribution in [-0.4, -0.2) is 6.41 Å². The van der Waals surface area contributed by atoms with Gasteiger partial charge in [-0.25, -0.2) is 0 Å². The number of fused-ring (bicyclic) bond motifs is 1. The van der Waals surface area contributed by atoms with Crippen LogP contribution in [0.5, 0.6) is 0 Å². The quantitative estimate of drug-likeness (QED) is 0.720. The Hall–Kier alpha value is -1.02. The summed E-state index contributed by atoms with van der Waals surface area (Å²) in [6.45, 7) is 0. The third-order valence-electron chi connectivity index (χ3n) is 2.45. The Morgan fingerprint density at radius 2 is 2.38 bits per heavy atom. The topological polar surface area (TPSA) is 29.1 Å². The van der Waals surface area contributed by atoms with E-state index >= 15 is 0 Å². The highest BCUT2D eigenvalue weighted by Crippen LogP contribution is 2.32. The minimum atomic E-state index is 0.185. The highest BCUT2D eigenvalue weighted by molar-refractivity contribution is 6.30. The average Bonchev–Trinajstić information content (AvgIpc) is 2.49. The van der Waals surface area contributed by atoms with Crippen LogP contribution in [0.15, 0.2) is 18.2 Å². The van der Waals surface area contributed by atoms with Crippen molar-refractivity contribution in [3.05, 3.63) is 34.3 Å². The molecule has 0 radical (unpaired) electrons. The Kier molecular flexibility index (Phi) is 2.23. The van der Waals surface area contributed by atoms with E-state index in [0.717, 1.165) is 24.3 Å². The number of rotatable bonds is 2. The summed E-state index contributed by atoms with van der Waals surface area (Å²) in [5.74, 6) is 0. The van der Waals surface area contributed by atoms with Crippen LogP contribution >= 0.6 is 11.6 Å². The first-order valence-corrected chi connectivity index (χ1v) is 4.67. The zero-order valence-corrected chi connectivity index (χ0v) is 7.84. The van der Waals surface area contributed by atoms with Gasteiger partial charge in [0, 0.05) is 5.02 Å². The van der Waals surface area contributed by atoms with E-state index in [4.69, 9.17) is 11.6 Å². The molecule has 0 aromatic heterocycles. The molecule has 2 rings (SSSR count). The van der Waals surface area contributed by atoms with Gasteiger partial charge in [0.15, 0.2) is 0 Å². The Labute approximate surface area is 81.9 Å². The van der Waals surface area contributed by atoms with E-state index in [1.165, 1.54) is 11.1 Å². The molecule has 1 aliphatic carbocycles. The molecule has 0 saturated carbocycles. The first-order chi connectivity index (χ1) is 6.31. The van der Waals surface area contributed by atoms with Crippen LogP contribution < -0.4 is 5.32 Å². The molecule has 1 N–H and O–H groups in total. The molecule has 3 heteroatoms. The highest BCUT2D eigenvalue weighted by Gasteiger charge is 2.21. The average molecular weight is 196 g/mol. The van der Waals surface area contributed by atoms with Crippen molar-refractivity contribution in [2.45, 2.75) is 18.9 Å². The fraction of sp³-hybridized carbons (Fsp3) is 0.300. The van der Waals surface area contributed by atoms with Crippen LogP contribution in [0.4, 0.5) is 0 Å². The number of carbonyl (C=O) groups excluding carboxylic acids is 1. The monoisotopic (exact) mass is 195 g/mol. The van der Waals surface area contributed by atoms with Gasteiger partial charge in [-0.3, -0.25) is 4.79 Å². The molecule has 0 aliphatic heterocycles. The van der Waals surface area contributed by atoms with E-state index in [9.17, 15) is 4.79 Å². The summed E-state index contributed by atoms with van der Waals surface area (Å²) in [6.07, 6.45) is 2.74. The number of halogens is 1. The maximum Gasteiger partial charge on any atom is 0.207 e. The van der Waals surface area contributed by atoms with Gasteiger partial charge in [-0.1, -0.05) is 17.7 Å². The lowest BCUT2D eigenvalue weighted by atomic mass is 10.1. The molecule has 1 aromatic rings. The smallest absolute Gasteiger partial charge is 0.207 e. The molecule has 1 aliphatic rings. The first kappa shape index (κ1) is 8.57. The van der Waals surface area contributed by atoms with E-state index in [-0.39, 0.29) is 6.04 Å². The molecule has 1 aromatic carbocycles. The largest absolute Gasteiger partial charge is 0.352 e. The standard InChI is InChI=1S/C10H10ClNO/c11-8-2-3-9-7(5-8)1-4-10(9)12-6-13/h2-3,5-6,10H,1,4H2,(H,12,13). The third-order valence-corrected chi connectivity index (χ3v) is 2.69. The number of amides is 1. The van der Waals surface area contributed by atoms with E-state index in [1.807, 2.05) is 18.2 Å². The highest BCUT2D eigenvalue weighted by atomic mass is 35.5. The summed E-state index contributed by atoms with van der Waals surface area (Å²) in [5, 5.41) is 3.57. The molecule has 0 saturated heterocycles. The SMILES string of the molecule is O=CNC1CCc2cc(Cl)ccc21.